The molecule has 256 valence electrons. The van der Waals surface area contributed by atoms with Crippen LogP contribution in [0.4, 0.5) is 0 Å². The Labute approximate surface area is 305 Å². The minimum Gasteiger partial charge on any atom is -0.408 e. The Balaban J connectivity index is 1.10. The SMILES string of the molecule is C[P+]1(Oc2ccc3ccccc3c2-c2c(OP3OC(=O)c4cc5ccccc5cc4O3)ccc3ccccc23)OC(=O)c2cc3ccccc3cc2O1. The van der Waals surface area contributed by atoms with Gasteiger partial charge >= 0.3 is 28.5 Å². The maximum Gasteiger partial charge on any atom is 0.542 e. The van der Waals surface area contributed by atoms with Gasteiger partial charge in [-0.1, -0.05) is 109 Å². The highest BCUT2D eigenvalue weighted by molar-refractivity contribution is 7.62. The Bertz CT molecular complexity index is 2840. The first kappa shape index (κ1) is 31.5. The fourth-order valence-corrected chi connectivity index (χ4v) is 9.53. The van der Waals surface area contributed by atoms with Gasteiger partial charge in [0.15, 0.2) is 18.2 Å². The van der Waals surface area contributed by atoms with Crippen LogP contribution >= 0.6 is 16.5 Å². The van der Waals surface area contributed by atoms with Crippen molar-refractivity contribution < 1.29 is 36.7 Å². The average Bonchev–Trinajstić information content (AvgIpc) is 3.17. The molecule has 0 radical (unpaired) electrons. The summed E-state index contributed by atoms with van der Waals surface area (Å²) < 4.78 is 37.8. The lowest BCUT2D eigenvalue weighted by molar-refractivity contribution is 0.0675. The number of benzene rings is 8. The predicted molar refractivity (Wildman–Crippen MR) is 208 cm³/mol. The Morgan fingerprint density at radius 2 is 0.981 bits per heavy atom. The first-order valence-electron chi connectivity index (χ1n) is 16.9. The minimum atomic E-state index is -3.33. The largest absolute Gasteiger partial charge is 0.542 e. The summed E-state index contributed by atoms with van der Waals surface area (Å²) in [7, 11) is -5.53. The molecule has 0 saturated carbocycles. The van der Waals surface area contributed by atoms with Gasteiger partial charge in [-0.05, 0) is 79.5 Å². The third-order valence-electron chi connectivity index (χ3n) is 9.45. The zero-order valence-electron chi connectivity index (χ0n) is 28.0. The van der Waals surface area contributed by atoms with Crippen molar-refractivity contribution in [3.8, 4) is 34.1 Å². The molecule has 0 amide bonds. The molecule has 0 aromatic heterocycles. The molecule has 0 aliphatic carbocycles. The van der Waals surface area contributed by atoms with Crippen molar-refractivity contribution in [1.82, 2.24) is 0 Å². The van der Waals surface area contributed by atoms with E-state index in [1.165, 1.54) is 0 Å². The Kier molecular flexibility index (Phi) is 7.26. The molecule has 2 aliphatic heterocycles. The predicted octanol–water partition coefficient (Wildman–Crippen LogP) is 11.8. The maximum absolute atomic E-state index is 13.5. The van der Waals surface area contributed by atoms with Crippen LogP contribution in [0.2, 0.25) is 0 Å². The number of hydrogen-bond acceptors (Lipinski definition) is 8. The van der Waals surface area contributed by atoms with E-state index in [-0.39, 0.29) is 0 Å². The molecule has 2 heterocycles. The average molecular weight is 734 g/mol. The van der Waals surface area contributed by atoms with Gasteiger partial charge in [0.1, 0.15) is 22.6 Å². The zero-order chi connectivity index (χ0) is 35.7. The van der Waals surface area contributed by atoms with E-state index >= 15 is 0 Å². The second-order valence-corrected chi connectivity index (χ2v) is 15.9. The van der Waals surface area contributed by atoms with Crippen LogP contribution in [0.3, 0.4) is 0 Å². The van der Waals surface area contributed by atoms with Crippen LogP contribution in [0.1, 0.15) is 20.7 Å². The Hall–Kier alpha value is -6.20. The van der Waals surface area contributed by atoms with Crippen LogP contribution in [-0.2, 0) is 9.05 Å². The molecule has 0 spiro atoms. The standard InChI is InChI=1S/C43H27O8P2/c1-53(50-39-25-31-15-5-3-13-29(31)23-35(39)43(45)51-53)49-37-21-19-27-11-7-9-17-33(27)41(37)40-32-16-8-6-10-26(32)18-20-36(40)46-52-47-38-24-30-14-4-2-12-28(30)22-34(38)42(44)48-52/h2-25H,1H3/q+1. The molecular formula is C43H27O8P2+. The summed E-state index contributed by atoms with van der Waals surface area (Å²) >= 11 is 0. The lowest BCUT2D eigenvalue weighted by Gasteiger charge is -2.26. The fourth-order valence-electron chi connectivity index (χ4n) is 7.03. The van der Waals surface area contributed by atoms with Gasteiger partial charge in [0.2, 0.25) is 0 Å². The van der Waals surface area contributed by atoms with Crippen molar-refractivity contribution in [2.45, 2.75) is 0 Å². The molecule has 10 rings (SSSR count). The normalized spacial score (nSPS) is 17.7. The van der Waals surface area contributed by atoms with E-state index < -0.39 is 28.5 Å². The van der Waals surface area contributed by atoms with Crippen LogP contribution in [-0.4, -0.2) is 18.6 Å². The van der Waals surface area contributed by atoms with Crippen molar-refractivity contribution in [1.29, 1.82) is 0 Å². The molecular weight excluding hydrogens is 706 g/mol. The maximum atomic E-state index is 13.5. The lowest BCUT2D eigenvalue weighted by Crippen LogP contribution is -2.22. The summed E-state index contributed by atoms with van der Waals surface area (Å²) in [6.07, 6.45) is 0. The van der Waals surface area contributed by atoms with E-state index in [1.54, 1.807) is 18.8 Å². The van der Waals surface area contributed by atoms with Gasteiger partial charge in [0, 0.05) is 11.1 Å². The van der Waals surface area contributed by atoms with Crippen LogP contribution in [0.15, 0.2) is 146 Å². The molecule has 0 fully saturated rings. The highest BCUT2D eigenvalue weighted by Crippen LogP contribution is 2.63. The molecule has 0 saturated heterocycles. The van der Waals surface area contributed by atoms with Crippen molar-refractivity contribution >= 4 is 71.6 Å². The second kappa shape index (κ2) is 12.2. The van der Waals surface area contributed by atoms with Gasteiger partial charge in [-0.2, -0.15) is 0 Å². The monoisotopic (exact) mass is 733 g/mol. The molecule has 8 aromatic carbocycles. The number of hydrogen-bond donors (Lipinski definition) is 0. The Morgan fingerprint density at radius 1 is 0.491 bits per heavy atom. The van der Waals surface area contributed by atoms with E-state index in [0.717, 1.165) is 43.1 Å². The fraction of sp³-hybridized carbons (Fsp3) is 0.0233. The van der Waals surface area contributed by atoms with Crippen LogP contribution in [0.25, 0.3) is 54.2 Å². The molecule has 8 aromatic rings. The summed E-state index contributed by atoms with van der Waals surface area (Å²) in [5, 5.41) is 7.28. The highest BCUT2D eigenvalue weighted by Gasteiger charge is 2.52. The van der Waals surface area contributed by atoms with Gasteiger partial charge in [-0.3, -0.25) is 9.05 Å². The molecule has 10 heteroatoms. The van der Waals surface area contributed by atoms with Gasteiger partial charge in [0.05, 0.1) is 0 Å². The van der Waals surface area contributed by atoms with E-state index in [0.29, 0.717) is 45.3 Å². The minimum absolute atomic E-state index is 0.336. The highest BCUT2D eigenvalue weighted by atomic mass is 31.2. The lowest BCUT2D eigenvalue weighted by atomic mass is 9.92. The van der Waals surface area contributed by atoms with E-state index in [4.69, 9.17) is 27.1 Å². The van der Waals surface area contributed by atoms with Crippen LogP contribution in [0.5, 0.6) is 23.0 Å². The molecule has 2 atom stereocenters. The van der Waals surface area contributed by atoms with Gasteiger partial charge in [-0.15, -0.1) is 0 Å². The molecule has 8 nitrogen and oxygen atoms in total. The molecule has 2 aliphatic rings. The van der Waals surface area contributed by atoms with Crippen molar-refractivity contribution in [2.75, 3.05) is 6.66 Å². The molecule has 2 unspecified atom stereocenters. The summed E-state index contributed by atoms with van der Waals surface area (Å²) in [5.74, 6) is 0.584. The van der Waals surface area contributed by atoms with Gasteiger partial charge in [0.25, 0.3) is 0 Å². The van der Waals surface area contributed by atoms with E-state index in [9.17, 15) is 9.59 Å². The zero-order valence-corrected chi connectivity index (χ0v) is 29.8. The smallest absolute Gasteiger partial charge is 0.408 e. The summed E-state index contributed by atoms with van der Waals surface area (Å²) in [6.45, 7) is 1.68. The third-order valence-corrected chi connectivity index (χ3v) is 12.0. The van der Waals surface area contributed by atoms with Crippen molar-refractivity contribution in [3.05, 3.63) is 157 Å². The van der Waals surface area contributed by atoms with E-state index in [2.05, 4.69) is 0 Å². The number of carbonyl (C=O) groups excluding carboxylic acids is 2. The Morgan fingerprint density at radius 3 is 1.60 bits per heavy atom. The first-order chi connectivity index (χ1) is 25.9. The molecule has 0 bridgehead atoms. The van der Waals surface area contributed by atoms with Gasteiger partial charge < -0.3 is 13.6 Å². The summed E-state index contributed by atoms with van der Waals surface area (Å²) in [5.41, 5.74) is 2.04. The summed E-state index contributed by atoms with van der Waals surface area (Å²) in [4.78, 5) is 26.8. The summed E-state index contributed by atoms with van der Waals surface area (Å²) in [6, 6.07) is 46.2. The second-order valence-electron chi connectivity index (χ2n) is 12.8. The van der Waals surface area contributed by atoms with Crippen molar-refractivity contribution in [2.24, 2.45) is 0 Å². The van der Waals surface area contributed by atoms with Crippen LogP contribution < -0.4 is 18.1 Å². The molecule has 0 N–H and O–H groups in total. The van der Waals surface area contributed by atoms with Crippen molar-refractivity contribution in [3.63, 3.8) is 0 Å². The topological polar surface area (TPSA) is 89.5 Å². The number of rotatable bonds is 5. The van der Waals surface area contributed by atoms with Gasteiger partial charge in [-0.25, -0.2) is 14.1 Å². The first-order valence-corrected chi connectivity index (χ1v) is 20.0. The number of fused-ring (bicyclic) bond motifs is 6. The van der Waals surface area contributed by atoms with E-state index in [1.807, 2.05) is 133 Å². The van der Waals surface area contributed by atoms with Crippen LogP contribution in [0, 0.1) is 0 Å². The third kappa shape index (κ3) is 5.46. The quantitative estimate of drug-likeness (QED) is 0.162. The molecule has 53 heavy (non-hydrogen) atoms. The number of carbonyl (C=O) groups is 2.